The van der Waals surface area contributed by atoms with Gasteiger partial charge in [-0.15, -0.1) is 0 Å². The summed E-state index contributed by atoms with van der Waals surface area (Å²) < 4.78 is 0. The lowest BCUT2D eigenvalue weighted by molar-refractivity contribution is 1.41. The topological polar surface area (TPSA) is 0 Å². The number of hydrogen-bond donors (Lipinski definition) is 0. The van der Waals surface area contributed by atoms with E-state index >= 15 is 0 Å². The summed E-state index contributed by atoms with van der Waals surface area (Å²) in [5.74, 6) is 0. The van der Waals surface area contributed by atoms with E-state index in [0.717, 1.165) is 22.6 Å². The molecule has 0 fully saturated rings. The molecule has 4 bridgehead atoms. The molecule has 0 N–H and O–H groups in total. The number of hydrogen-bond acceptors (Lipinski definition) is 0. The predicted octanol–water partition coefficient (Wildman–Crippen LogP) is 4.73. The minimum Gasteiger partial charge on any atom is -0.0760 e. The highest BCUT2D eigenvalue weighted by molar-refractivity contribution is 8.31. The van der Waals surface area contributed by atoms with Gasteiger partial charge < -0.3 is 0 Å². The maximum absolute atomic E-state index is 2.45. The van der Waals surface area contributed by atoms with E-state index in [0.29, 0.717) is 0 Å². The van der Waals surface area contributed by atoms with Gasteiger partial charge in [-0.05, 0) is 0 Å². The molecule has 2 heteroatoms. The Bertz CT molecular complexity index is 429. The van der Waals surface area contributed by atoms with Gasteiger partial charge >= 0.3 is 0 Å². The maximum atomic E-state index is 2.45. The smallest absolute Gasteiger partial charge is 0.0201 e. The summed E-state index contributed by atoms with van der Waals surface area (Å²) in [4.78, 5) is 0. The first-order valence-electron chi connectivity index (χ1n) is 6.57. The van der Waals surface area contributed by atoms with Crippen LogP contribution in [0.2, 0.25) is 0 Å². The van der Waals surface area contributed by atoms with Crippen LogP contribution >= 0.6 is 15.2 Å². The molecule has 0 aromatic heterocycles. The summed E-state index contributed by atoms with van der Waals surface area (Å²) in [7, 11) is 0.108. The van der Waals surface area contributed by atoms with Crippen molar-refractivity contribution in [3.63, 3.8) is 0 Å². The fourth-order valence-corrected chi connectivity index (χ4v) is 12.9. The molecular formula is C16H16P2. The van der Waals surface area contributed by atoms with Crippen molar-refractivity contribution in [3.05, 3.63) is 72.9 Å². The first kappa shape index (κ1) is 11.2. The van der Waals surface area contributed by atoms with Crippen molar-refractivity contribution in [2.24, 2.45) is 0 Å². The Morgan fingerprint density at radius 1 is 0.389 bits per heavy atom. The molecular weight excluding hydrogens is 254 g/mol. The molecule has 18 heavy (non-hydrogen) atoms. The van der Waals surface area contributed by atoms with Crippen molar-refractivity contribution >= 4 is 15.2 Å². The van der Waals surface area contributed by atoms with Crippen molar-refractivity contribution in [1.29, 1.82) is 0 Å². The molecule has 4 aliphatic heterocycles. The predicted molar refractivity (Wildman–Crippen MR) is 83.8 cm³/mol. The van der Waals surface area contributed by atoms with Gasteiger partial charge in [0.1, 0.15) is 0 Å². The molecule has 0 saturated heterocycles. The van der Waals surface area contributed by atoms with Crippen LogP contribution in [0, 0.1) is 0 Å². The van der Waals surface area contributed by atoms with Crippen LogP contribution in [0.1, 0.15) is 0 Å². The van der Waals surface area contributed by atoms with E-state index in [9.17, 15) is 0 Å². The molecule has 90 valence electrons. The Morgan fingerprint density at radius 2 is 0.667 bits per heavy atom. The van der Waals surface area contributed by atoms with Crippen LogP contribution in [0.15, 0.2) is 72.9 Å². The molecule has 0 aromatic rings. The third kappa shape index (κ3) is 1.67. The highest BCUT2D eigenvalue weighted by Crippen LogP contribution is 2.83. The summed E-state index contributed by atoms with van der Waals surface area (Å²) in [5, 5.41) is 0. The van der Waals surface area contributed by atoms with Crippen LogP contribution in [0.25, 0.3) is 0 Å². The van der Waals surface area contributed by atoms with Gasteiger partial charge in [0.05, 0.1) is 0 Å². The molecule has 4 atom stereocenters. The van der Waals surface area contributed by atoms with Crippen molar-refractivity contribution in [2.75, 3.05) is 0 Å². The molecule has 4 unspecified atom stereocenters. The minimum absolute atomic E-state index is 0.0540. The van der Waals surface area contributed by atoms with Crippen LogP contribution in [-0.2, 0) is 0 Å². The van der Waals surface area contributed by atoms with E-state index in [1.54, 1.807) is 0 Å². The summed E-state index contributed by atoms with van der Waals surface area (Å²) in [6.45, 7) is 0. The summed E-state index contributed by atoms with van der Waals surface area (Å²) in [6.07, 6.45) is 28.5. The van der Waals surface area contributed by atoms with E-state index in [2.05, 4.69) is 72.9 Å². The molecule has 0 saturated carbocycles. The zero-order valence-corrected chi connectivity index (χ0v) is 11.9. The van der Waals surface area contributed by atoms with Crippen LogP contribution in [0.5, 0.6) is 0 Å². The van der Waals surface area contributed by atoms with Crippen LogP contribution in [0.4, 0.5) is 0 Å². The van der Waals surface area contributed by atoms with Crippen molar-refractivity contribution < 1.29 is 0 Å². The third-order valence-electron chi connectivity index (χ3n) is 3.95. The van der Waals surface area contributed by atoms with Crippen molar-refractivity contribution in [2.45, 2.75) is 22.6 Å². The van der Waals surface area contributed by atoms with E-state index in [-0.39, 0.29) is 15.2 Å². The summed E-state index contributed by atoms with van der Waals surface area (Å²) in [6, 6.07) is 0. The Morgan fingerprint density at radius 3 is 0.944 bits per heavy atom. The molecule has 4 rings (SSSR count). The summed E-state index contributed by atoms with van der Waals surface area (Å²) >= 11 is 0. The minimum atomic E-state index is 0.0540. The number of fused-ring (bicyclic) bond motifs is 5. The number of rotatable bonds is 1. The Hall–Kier alpha value is -0.700. The zero-order chi connectivity index (χ0) is 11.9. The Balaban J connectivity index is 1.73. The fourth-order valence-electron chi connectivity index (χ4n) is 3.14. The summed E-state index contributed by atoms with van der Waals surface area (Å²) in [5.41, 5.74) is 2.87. The maximum Gasteiger partial charge on any atom is 0.0201 e. The first-order valence-corrected chi connectivity index (χ1v) is 10.2. The standard InChI is InChI=1S/C16H16P2/c1-2-6-14-10-9-13(5-1)17(14)18-15-7-3-4-8-16(18)12-11-15/h1-16H. The average Bonchev–Trinajstić information content (AvgIpc) is 2.73. The van der Waals surface area contributed by atoms with E-state index in [1.807, 2.05) is 0 Å². The lowest BCUT2D eigenvalue weighted by Crippen LogP contribution is -2.07. The van der Waals surface area contributed by atoms with Crippen LogP contribution < -0.4 is 0 Å². The molecule has 4 aliphatic rings. The lowest BCUT2D eigenvalue weighted by atomic mass is 10.2. The zero-order valence-electron chi connectivity index (χ0n) is 10.1. The highest BCUT2D eigenvalue weighted by Gasteiger charge is 2.42. The second-order valence-corrected chi connectivity index (χ2v) is 11.7. The van der Waals surface area contributed by atoms with Gasteiger partial charge in [0.25, 0.3) is 0 Å². The molecule has 0 radical (unpaired) electrons. The van der Waals surface area contributed by atoms with Gasteiger partial charge in [-0.3, -0.25) is 0 Å². The third-order valence-corrected chi connectivity index (χ3v) is 13.1. The van der Waals surface area contributed by atoms with Gasteiger partial charge in [-0.1, -0.05) is 88.1 Å². The first-order chi connectivity index (χ1) is 8.93. The monoisotopic (exact) mass is 270 g/mol. The van der Waals surface area contributed by atoms with E-state index in [4.69, 9.17) is 0 Å². The second-order valence-electron chi connectivity index (χ2n) is 5.03. The average molecular weight is 270 g/mol. The van der Waals surface area contributed by atoms with Crippen LogP contribution in [0.3, 0.4) is 0 Å². The van der Waals surface area contributed by atoms with Crippen LogP contribution in [-0.4, -0.2) is 22.6 Å². The normalized spacial score (nSPS) is 46.7. The number of allylic oxidation sites excluding steroid dienone is 12. The lowest BCUT2D eigenvalue weighted by Gasteiger charge is -2.34. The largest absolute Gasteiger partial charge is 0.0760 e. The molecule has 0 aromatic carbocycles. The molecule has 0 aliphatic carbocycles. The Labute approximate surface area is 111 Å². The quantitative estimate of drug-likeness (QED) is 0.477. The fraction of sp³-hybridized carbons (Fsp3) is 0.250. The molecule has 4 heterocycles. The SMILES string of the molecule is C1=CC2C=CC(C=C1)P2P1C2C=CC=CC1C=C2. The van der Waals surface area contributed by atoms with Crippen molar-refractivity contribution in [3.8, 4) is 0 Å². The highest BCUT2D eigenvalue weighted by atomic mass is 32.1. The van der Waals surface area contributed by atoms with Gasteiger partial charge in [0.15, 0.2) is 0 Å². The Kier molecular flexibility index (Phi) is 2.75. The second kappa shape index (κ2) is 4.44. The van der Waals surface area contributed by atoms with Gasteiger partial charge in [-0.2, -0.15) is 0 Å². The molecule has 0 nitrogen and oxygen atoms in total. The molecule has 0 amide bonds. The van der Waals surface area contributed by atoms with Gasteiger partial charge in [0.2, 0.25) is 0 Å². The van der Waals surface area contributed by atoms with Crippen molar-refractivity contribution in [1.82, 2.24) is 0 Å². The van der Waals surface area contributed by atoms with Gasteiger partial charge in [0, 0.05) is 22.6 Å². The van der Waals surface area contributed by atoms with Gasteiger partial charge in [-0.25, -0.2) is 0 Å². The van der Waals surface area contributed by atoms with E-state index in [1.165, 1.54) is 0 Å². The van der Waals surface area contributed by atoms with E-state index < -0.39 is 0 Å². The molecule has 0 spiro atoms.